The van der Waals surface area contributed by atoms with Crippen LogP contribution >= 0.6 is 0 Å². The summed E-state index contributed by atoms with van der Waals surface area (Å²) in [5, 5.41) is 87.8. The van der Waals surface area contributed by atoms with Crippen molar-refractivity contribution in [2.24, 2.45) is 0 Å². The predicted molar refractivity (Wildman–Crippen MR) is 388 cm³/mol. The molecule has 0 radical (unpaired) electrons. The third-order valence-electron chi connectivity index (χ3n) is 20.5. The lowest BCUT2D eigenvalue weighted by molar-refractivity contribution is -0.359. The molecule has 14 heteroatoms. The van der Waals surface area contributed by atoms with E-state index in [9.17, 15) is 45.6 Å². The fourth-order valence-corrected chi connectivity index (χ4v) is 14.0. The Labute approximate surface area is 577 Å². The number of carbonyl (C=O) groups excluding carboxylic acids is 1. The summed E-state index contributed by atoms with van der Waals surface area (Å²) in [5.74, 6) is -0.196. The molecule has 558 valence electrons. The predicted octanol–water partition coefficient (Wildman–Crippen LogP) is 18.5. The monoisotopic (exact) mass is 1340 g/mol. The lowest BCUT2D eigenvalue weighted by Crippen LogP contribution is -2.65. The van der Waals surface area contributed by atoms with Crippen LogP contribution in [0.5, 0.6) is 0 Å². The first kappa shape index (κ1) is 88.8. The first-order valence-electron chi connectivity index (χ1n) is 40.9. The molecule has 12 atom stereocenters. The van der Waals surface area contributed by atoms with Crippen LogP contribution in [0.25, 0.3) is 0 Å². The molecule has 12 unspecified atom stereocenters. The average Bonchev–Trinajstić information content (AvgIpc) is 0.794. The van der Waals surface area contributed by atoms with Crippen LogP contribution in [0.15, 0.2) is 12.2 Å². The Kier molecular flexibility index (Phi) is 61.5. The van der Waals surface area contributed by atoms with E-state index in [-0.39, 0.29) is 12.5 Å². The smallest absolute Gasteiger partial charge is 0.220 e. The van der Waals surface area contributed by atoms with Gasteiger partial charge < -0.3 is 65.1 Å². The summed E-state index contributed by atoms with van der Waals surface area (Å²) in [5.41, 5.74) is 0. The lowest BCUT2D eigenvalue weighted by atomic mass is 9.97. The van der Waals surface area contributed by atoms with Crippen LogP contribution in [0.1, 0.15) is 399 Å². The van der Waals surface area contributed by atoms with Gasteiger partial charge >= 0.3 is 0 Å². The van der Waals surface area contributed by atoms with Crippen molar-refractivity contribution < 1.29 is 64.6 Å². The minimum atomic E-state index is -1.78. The minimum Gasteiger partial charge on any atom is -0.394 e. The number of hydrogen-bond donors (Lipinski definition) is 9. The highest BCUT2D eigenvalue weighted by atomic mass is 16.7. The van der Waals surface area contributed by atoms with E-state index >= 15 is 0 Å². The Bertz CT molecular complexity index is 1620. The van der Waals surface area contributed by atoms with Gasteiger partial charge in [-0.2, -0.15) is 0 Å². The fourth-order valence-electron chi connectivity index (χ4n) is 14.0. The largest absolute Gasteiger partial charge is 0.394 e. The maximum absolute atomic E-state index is 13.4. The van der Waals surface area contributed by atoms with Crippen molar-refractivity contribution in [2.45, 2.75) is 473 Å². The summed E-state index contributed by atoms with van der Waals surface area (Å²) in [6.07, 6.45) is 65.7. The molecule has 0 aromatic rings. The van der Waals surface area contributed by atoms with Crippen molar-refractivity contribution in [2.75, 3.05) is 19.8 Å². The van der Waals surface area contributed by atoms with Crippen LogP contribution in [0, 0.1) is 0 Å². The zero-order chi connectivity index (χ0) is 68.0. The molecule has 1 amide bonds. The normalized spacial score (nSPS) is 22.4. The van der Waals surface area contributed by atoms with E-state index in [4.69, 9.17) is 18.9 Å². The number of ether oxygens (including phenoxy) is 4. The molecule has 2 aliphatic rings. The molecule has 2 rings (SSSR count). The van der Waals surface area contributed by atoms with Crippen LogP contribution in [0.4, 0.5) is 0 Å². The summed E-state index contributed by atoms with van der Waals surface area (Å²) in [6, 6.07) is -0.826. The highest BCUT2D eigenvalue weighted by Crippen LogP contribution is 2.31. The summed E-state index contributed by atoms with van der Waals surface area (Å²) in [6.45, 7) is 2.93. The molecule has 0 spiro atoms. The quantitative estimate of drug-likeness (QED) is 0.0204. The number of rotatable bonds is 70. The van der Waals surface area contributed by atoms with Gasteiger partial charge in [0.2, 0.25) is 5.91 Å². The maximum Gasteiger partial charge on any atom is 0.220 e. The summed E-state index contributed by atoms with van der Waals surface area (Å²) in [4.78, 5) is 13.4. The topological polar surface area (TPSA) is 228 Å². The number of unbranched alkanes of at least 4 members (excludes halogenated alkanes) is 55. The number of allylic oxidation sites excluding steroid dienone is 2. The van der Waals surface area contributed by atoms with Crippen LogP contribution in [-0.2, 0) is 23.7 Å². The van der Waals surface area contributed by atoms with Gasteiger partial charge in [0.05, 0.1) is 32.0 Å². The van der Waals surface area contributed by atoms with Gasteiger partial charge in [-0.05, 0) is 38.5 Å². The van der Waals surface area contributed by atoms with Gasteiger partial charge in [-0.1, -0.05) is 366 Å². The Balaban J connectivity index is 1.53. The average molecular weight is 1340 g/mol. The van der Waals surface area contributed by atoms with Gasteiger partial charge in [-0.25, -0.2) is 0 Å². The van der Waals surface area contributed by atoms with E-state index in [0.29, 0.717) is 12.8 Å². The number of aliphatic hydroxyl groups is 8. The summed E-state index contributed by atoms with van der Waals surface area (Å²) >= 11 is 0. The number of nitrogens with one attached hydrogen (secondary N) is 1. The number of carbonyl (C=O) groups is 1. The molecule has 2 aliphatic heterocycles. The van der Waals surface area contributed by atoms with Crippen LogP contribution in [0.2, 0.25) is 0 Å². The van der Waals surface area contributed by atoms with Crippen molar-refractivity contribution in [1.29, 1.82) is 0 Å². The molecule has 2 fully saturated rings. The van der Waals surface area contributed by atoms with Crippen molar-refractivity contribution in [3.8, 4) is 0 Å². The Morgan fingerprint density at radius 3 is 1.01 bits per heavy atom. The molecule has 0 aromatic heterocycles. The molecule has 2 saturated heterocycles. The lowest BCUT2D eigenvalue weighted by Gasteiger charge is -2.46. The third-order valence-corrected chi connectivity index (χ3v) is 20.5. The first-order valence-corrected chi connectivity index (χ1v) is 40.9. The highest BCUT2D eigenvalue weighted by Gasteiger charge is 2.51. The van der Waals surface area contributed by atoms with Crippen molar-refractivity contribution in [1.82, 2.24) is 5.32 Å². The Morgan fingerprint density at radius 1 is 0.372 bits per heavy atom. The molecular weight excluding hydrogens is 1180 g/mol. The molecule has 0 aliphatic carbocycles. The second kappa shape index (κ2) is 65.1. The minimum absolute atomic E-state index is 0.196. The second-order valence-electron chi connectivity index (χ2n) is 29.3. The van der Waals surface area contributed by atoms with Gasteiger partial charge in [0, 0.05) is 6.42 Å². The Hall–Kier alpha value is -1.27. The van der Waals surface area contributed by atoms with Gasteiger partial charge in [0.1, 0.15) is 48.8 Å². The molecule has 94 heavy (non-hydrogen) atoms. The zero-order valence-electron chi connectivity index (χ0n) is 61.2. The first-order chi connectivity index (χ1) is 46.1. The van der Waals surface area contributed by atoms with E-state index in [2.05, 4.69) is 31.3 Å². The fraction of sp³-hybridized carbons (Fsp3) is 0.963. The summed E-state index contributed by atoms with van der Waals surface area (Å²) in [7, 11) is 0. The van der Waals surface area contributed by atoms with Gasteiger partial charge in [-0.3, -0.25) is 4.79 Å². The van der Waals surface area contributed by atoms with Crippen molar-refractivity contribution in [3.05, 3.63) is 12.2 Å². The molecule has 0 aromatic carbocycles. The third kappa shape index (κ3) is 47.7. The van der Waals surface area contributed by atoms with Crippen molar-refractivity contribution in [3.63, 3.8) is 0 Å². The van der Waals surface area contributed by atoms with Crippen molar-refractivity contribution >= 4 is 5.91 Å². The van der Waals surface area contributed by atoms with E-state index < -0.39 is 86.8 Å². The van der Waals surface area contributed by atoms with Crippen LogP contribution < -0.4 is 5.32 Å². The number of aliphatic hydroxyl groups excluding tert-OH is 8. The molecule has 9 N–H and O–H groups in total. The molecule has 2 heterocycles. The van der Waals surface area contributed by atoms with E-state index in [1.165, 1.54) is 321 Å². The Morgan fingerprint density at radius 2 is 0.670 bits per heavy atom. The molecule has 0 saturated carbocycles. The molecular formula is C80H155NO13. The standard InChI is InChI=1S/C80H155NO13/c1-3-5-7-9-11-13-15-17-19-21-23-24-25-26-27-28-29-30-31-32-33-34-35-36-37-38-39-40-41-42-43-44-46-48-50-52-54-56-58-60-62-64-72(85)81-68(69(84)63-61-59-57-55-53-51-49-47-45-22-20-18-16-14-12-10-8-6-4-2)67-91-79-77(90)75(88)78(71(66-83)93-79)94-80-76(89)74(87)73(86)70(65-82)92-80/h21,23,68-71,73-80,82-84,86-90H,3-20,22,24-67H2,1-2H3,(H,81,85)/b23-21-. The van der Waals surface area contributed by atoms with Crippen LogP contribution in [0.3, 0.4) is 0 Å². The van der Waals surface area contributed by atoms with E-state index in [1.54, 1.807) is 0 Å². The zero-order valence-corrected chi connectivity index (χ0v) is 61.2. The van der Waals surface area contributed by atoms with Crippen LogP contribution in [-0.4, -0.2) is 140 Å². The molecule has 14 nitrogen and oxygen atoms in total. The highest BCUT2D eigenvalue weighted by molar-refractivity contribution is 5.76. The van der Waals surface area contributed by atoms with Gasteiger partial charge in [-0.15, -0.1) is 0 Å². The summed E-state index contributed by atoms with van der Waals surface area (Å²) < 4.78 is 23.0. The number of hydrogen-bond acceptors (Lipinski definition) is 13. The van der Waals surface area contributed by atoms with E-state index in [0.717, 1.165) is 51.4 Å². The molecule has 0 bridgehead atoms. The SMILES string of the molecule is CCCCCCCCCC/C=C\CCCCCCCCCCCCCCCCCCCCCCCCCCCCCCCC(=O)NC(COC1OC(CO)C(OC2OC(CO)C(O)C(O)C2O)C(O)C1O)C(O)CCCCCCCCCCCCCCCCCCCCC. The van der Waals surface area contributed by atoms with Gasteiger partial charge in [0.25, 0.3) is 0 Å². The maximum atomic E-state index is 13.4. The van der Waals surface area contributed by atoms with E-state index in [1.807, 2.05) is 0 Å². The number of amides is 1. The second-order valence-corrected chi connectivity index (χ2v) is 29.3. The van der Waals surface area contributed by atoms with Gasteiger partial charge in [0.15, 0.2) is 12.6 Å².